The molecule has 424 valence electrons. The monoisotopic (exact) mass is 1020 g/mol. The minimum absolute atomic E-state index is 0.0149. The van der Waals surface area contributed by atoms with E-state index in [0.717, 1.165) is 38.5 Å². The Hall–Kier alpha value is -0.760. The van der Waals surface area contributed by atoms with Gasteiger partial charge in [-0.15, -0.1) is 0 Å². The van der Waals surface area contributed by atoms with Crippen molar-refractivity contribution in [3.05, 3.63) is 12.2 Å². The molecule has 0 bridgehead atoms. The van der Waals surface area contributed by atoms with E-state index in [1.807, 2.05) is 21.1 Å². The maximum atomic E-state index is 13.0. The molecule has 0 fully saturated rings. The first-order valence-corrected chi connectivity index (χ1v) is 33.0. The zero-order valence-electron chi connectivity index (χ0n) is 48.5. The van der Waals surface area contributed by atoms with Crippen LogP contribution in [0.25, 0.3) is 0 Å². The van der Waals surface area contributed by atoms with Crippen LogP contribution in [0.15, 0.2) is 12.2 Å². The Balaban J connectivity index is 4.08. The Morgan fingerprint density at radius 2 is 0.775 bits per heavy atom. The molecular formula is C62H125N2O6P. The molecule has 0 saturated heterocycles. The Morgan fingerprint density at radius 3 is 1.10 bits per heavy atom. The Bertz CT molecular complexity index is 1160. The Kier molecular flexibility index (Phi) is 53.5. The molecule has 0 rings (SSSR count). The van der Waals surface area contributed by atoms with Crippen LogP contribution in [0.3, 0.4) is 0 Å². The van der Waals surface area contributed by atoms with Gasteiger partial charge in [-0.2, -0.15) is 0 Å². The van der Waals surface area contributed by atoms with E-state index >= 15 is 0 Å². The van der Waals surface area contributed by atoms with Gasteiger partial charge in [-0.1, -0.05) is 296 Å². The normalized spacial score (nSPS) is 13.8. The van der Waals surface area contributed by atoms with Gasteiger partial charge in [0.05, 0.1) is 39.9 Å². The smallest absolute Gasteiger partial charge is 0.268 e. The molecule has 0 radical (unpaired) electrons. The van der Waals surface area contributed by atoms with Crippen molar-refractivity contribution < 1.29 is 32.9 Å². The van der Waals surface area contributed by atoms with Crippen LogP contribution in [0.4, 0.5) is 0 Å². The van der Waals surface area contributed by atoms with Crippen molar-refractivity contribution in [1.29, 1.82) is 0 Å². The van der Waals surface area contributed by atoms with Crippen LogP contribution < -0.4 is 10.2 Å². The maximum Gasteiger partial charge on any atom is 0.268 e. The highest BCUT2D eigenvalue weighted by Crippen LogP contribution is 2.38. The number of amides is 1. The molecule has 0 saturated carbocycles. The number of aliphatic hydroxyl groups is 1. The third-order valence-corrected chi connectivity index (χ3v) is 15.7. The van der Waals surface area contributed by atoms with Gasteiger partial charge in [0.2, 0.25) is 5.91 Å². The molecule has 3 atom stereocenters. The second kappa shape index (κ2) is 54.0. The fraction of sp³-hybridized carbons (Fsp3) is 0.952. The van der Waals surface area contributed by atoms with Crippen molar-refractivity contribution in [3.63, 3.8) is 0 Å². The Labute approximate surface area is 443 Å². The summed E-state index contributed by atoms with van der Waals surface area (Å²) in [5, 5.41) is 14.1. The molecule has 0 spiro atoms. The summed E-state index contributed by atoms with van der Waals surface area (Å²) in [5.74, 6) is -0.159. The van der Waals surface area contributed by atoms with Crippen molar-refractivity contribution >= 4 is 13.7 Å². The quantitative estimate of drug-likeness (QED) is 0.0272. The van der Waals surface area contributed by atoms with Crippen LogP contribution >= 0.6 is 7.82 Å². The number of likely N-dealkylation sites (N-methyl/N-ethyl adjacent to an activating group) is 1. The van der Waals surface area contributed by atoms with Gasteiger partial charge in [0.25, 0.3) is 7.82 Å². The molecule has 0 aliphatic heterocycles. The van der Waals surface area contributed by atoms with E-state index in [2.05, 4.69) is 31.3 Å². The zero-order chi connectivity index (χ0) is 52.0. The molecule has 2 N–H and O–H groups in total. The number of carbonyl (C=O) groups is 1. The fourth-order valence-corrected chi connectivity index (χ4v) is 10.5. The topological polar surface area (TPSA) is 108 Å². The molecular weight excluding hydrogens is 900 g/mol. The van der Waals surface area contributed by atoms with Crippen molar-refractivity contribution in [1.82, 2.24) is 5.32 Å². The summed E-state index contributed by atoms with van der Waals surface area (Å²) >= 11 is 0. The zero-order valence-corrected chi connectivity index (χ0v) is 49.4. The van der Waals surface area contributed by atoms with E-state index in [-0.39, 0.29) is 19.1 Å². The van der Waals surface area contributed by atoms with Crippen LogP contribution in [0.2, 0.25) is 0 Å². The van der Waals surface area contributed by atoms with Gasteiger partial charge in [0.15, 0.2) is 0 Å². The van der Waals surface area contributed by atoms with Gasteiger partial charge >= 0.3 is 0 Å². The summed E-state index contributed by atoms with van der Waals surface area (Å²) in [7, 11) is 1.32. The molecule has 3 unspecified atom stereocenters. The van der Waals surface area contributed by atoms with Crippen LogP contribution in [0.1, 0.15) is 328 Å². The van der Waals surface area contributed by atoms with E-state index in [4.69, 9.17) is 9.05 Å². The number of aliphatic hydroxyl groups excluding tert-OH is 1. The lowest BCUT2D eigenvalue weighted by Gasteiger charge is -2.30. The maximum absolute atomic E-state index is 13.0. The summed E-state index contributed by atoms with van der Waals surface area (Å²) in [5.41, 5.74) is 0. The molecule has 0 aromatic carbocycles. The predicted octanol–water partition coefficient (Wildman–Crippen LogP) is 18.8. The first kappa shape index (κ1) is 70.2. The van der Waals surface area contributed by atoms with Crippen LogP contribution in [0, 0.1) is 0 Å². The molecule has 9 heteroatoms. The summed E-state index contributed by atoms with van der Waals surface area (Å²) in [6.45, 7) is 4.78. The number of phosphoric ester groups is 1. The highest BCUT2D eigenvalue weighted by atomic mass is 31.2. The summed E-state index contributed by atoms with van der Waals surface area (Å²) < 4.78 is 23.5. The Morgan fingerprint density at radius 1 is 0.479 bits per heavy atom. The largest absolute Gasteiger partial charge is 0.756 e. The number of quaternary nitrogens is 1. The number of hydrogen-bond acceptors (Lipinski definition) is 6. The minimum Gasteiger partial charge on any atom is -0.756 e. The number of rotatable bonds is 59. The molecule has 71 heavy (non-hydrogen) atoms. The lowest BCUT2D eigenvalue weighted by molar-refractivity contribution is -0.870. The number of unbranched alkanes of at least 4 members (excludes halogenated alkanes) is 44. The predicted molar refractivity (Wildman–Crippen MR) is 307 cm³/mol. The summed E-state index contributed by atoms with van der Waals surface area (Å²) in [6, 6.07) is -0.799. The molecule has 0 aromatic heterocycles. The average molecular weight is 1030 g/mol. The first-order valence-electron chi connectivity index (χ1n) is 31.5. The van der Waals surface area contributed by atoms with Crippen LogP contribution in [-0.4, -0.2) is 68.5 Å². The molecule has 0 aliphatic carbocycles. The van der Waals surface area contributed by atoms with Gasteiger partial charge in [-0.3, -0.25) is 9.36 Å². The summed E-state index contributed by atoms with van der Waals surface area (Å²) in [4.78, 5) is 25.6. The van der Waals surface area contributed by atoms with E-state index < -0.39 is 20.0 Å². The van der Waals surface area contributed by atoms with E-state index in [0.29, 0.717) is 23.9 Å². The summed E-state index contributed by atoms with van der Waals surface area (Å²) in [6.07, 6.45) is 66.9. The van der Waals surface area contributed by atoms with Crippen molar-refractivity contribution in [3.8, 4) is 0 Å². The second-order valence-electron chi connectivity index (χ2n) is 23.1. The number of nitrogens with one attached hydrogen (secondary N) is 1. The second-order valence-corrected chi connectivity index (χ2v) is 24.5. The number of nitrogens with zero attached hydrogens (tertiary/aromatic N) is 1. The van der Waals surface area contributed by atoms with Crippen molar-refractivity contribution in [2.45, 2.75) is 341 Å². The van der Waals surface area contributed by atoms with Gasteiger partial charge in [-0.05, 0) is 38.5 Å². The van der Waals surface area contributed by atoms with Gasteiger partial charge in [0.1, 0.15) is 13.2 Å². The molecule has 0 heterocycles. The molecule has 0 aliphatic rings. The molecule has 0 aromatic rings. The van der Waals surface area contributed by atoms with E-state index in [1.54, 1.807) is 0 Å². The van der Waals surface area contributed by atoms with Crippen LogP contribution in [-0.2, 0) is 18.4 Å². The van der Waals surface area contributed by atoms with E-state index in [9.17, 15) is 19.4 Å². The number of hydrogen-bond donors (Lipinski definition) is 2. The third kappa shape index (κ3) is 56.8. The lowest BCUT2D eigenvalue weighted by Crippen LogP contribution is -2.46. The standard InChI is InChI=1S/C62H125N2O6P/c1-6-8-10-12-14-16-18-20-22-24-26-28-30-31-32-34-35-37-39-41-43-45-47-49-51-53-55-61(65)60(59-70-71(67,68)69-58-57-64(3,4)5)63-62(66)56-54-52-50-48-46-44-42-40-38-36-33-29-27-25-23-21-19-17-15-13-11-9-7-2/h25,27,60-61,65H,6-24,26,28-59H2,1-5H3,(H-,63,66,67,68)/b27-25-. The van der Waals surface area contributed by atoms with E-state index in [1.165, 1.54) is 263 Å². The number of carbonyl (C=O) groups excluding carboxylic acids is 1. The minimum atomic E-state index is -4.57. The third-order valence-electron chi connectivity index (χ3n) is 14.8. The number of allylic oxidation sites excluding steroid dienone is 2. The molecule has 8 nitrogen and oxygen atoms in total. The SMILES string of the molecule is CCCCCCCCCC/C=C\CCCCCCCCCCCCCC(=O)NC(COP(=O)([O-])OCC[N+](C)(C)C)C(O)CCCCCCCCCCCCCCCCCCCCCCCCCCCC. The van der Waals surface area contributed by atoms with Crippen molar-refractivity contribution in [2.75, 3.05) is 40.9 Å². The van der Waals surface area contributed by atoms with Gasteiger partial charge < -0.3 is 28.8 Å². The van der Waals surface area contributed by atoms with Gasteiger partial charge in [-0.25, -0.2) is 0 Å². The van der Waals surface area contributed by atoms with Crippen LogP contribution in [0.5, 0.6) is 0 Å². The number of phosphoric acid groups is 1. The average Bonchev–Trinajstić information content (AvgIpc) is 3.33. The highest BCUT2D eigenvalue weighted by Gasteiger charge is 2.24. The first-order chi connectivity index (χ1) is 34.5. The molecule has 1 amide bonds. The fourth-order valence-electron chi connectivity index (χ4n) is 9.80. The highest BCUT2D eigenvalue weighted by molar-refractivity contribution is 7.45. The van der Waals surface area contributed by atoms with Crippen molar-refractivity contribution in [2.24, 2.45) is 0 Å². The van der Waals surface area contributed by atoms with Gasteiger partial charge in [0, 0.05) is 6.42 Å². The lowest BCUT2D eigenvalue weighted by atomic mass is 10.0.